The summed E-state index contributed by atoms with van der Waals surface area (Å²) < 4.78 is 9.69. The molecule has 0 aromatic rings. The second-order valence-corrected chi connectivity index (χ2v) is 3.42. The van der Waals surface area contributed by atoms with Gasteiger partial charge in [-0.15, -0.1) is 0 Å². The van der Waals surface area contributed by atoms with E-state index < -0.39 is 17.7 Å². The second-order valence-electron chi connectivity index (χ2n) is 3.42. The highest BCUT2D eigenvalue weighted by Crippen LogP contribution is 2.12. The Kier molecular flexibility index (Phi) is 5.42. The lowest BCUT2D eigenvalue weighted by atomic mass is 10.0. The van der Waals surface area contributed by atoms with Gasteiger partial charge in [0.25, 0.3) is 0 Å². The Morgan fingerprint density at radius 3 is 2.50 bits per heavy atom. The predicted molar refractivity (Wildman–Crippen MR) is 52.9 cm³/mol. The van der Waals surface area contributed by atoms with Gasteiger partial charge in [-0.25, -0.2) is 4.79 Å². The molecule has 0 fully saturated rings. The SMILES string of the molecule is CCOC(=O)/C=C/[C@H](OC)C(C)(C)O. The number of methoxy groups -OCH3 is 1. The number of hydrogen-bond donors (Lipinski definition) is 1. The summed E-state index contributed by atoms with van der Waals surface area (Å²) in [6.45, 7) is 5.28. The highest BCUT2D eigenvalue weighted by molar-refractivity contribution is 5.81. The van der Waals surface area contributed by atoms with Crippen LogP contribution in [0.15, 0.2) is 12.2 Å². The normalized spacial score (nSPS) is 14.4. The van der Waals surface area contributed by atoms with E-state index in [9.17, 15) is 9.90 Å². The molecule has 0 spiro atoms. The zero-order valence-electron chi connectivity index (χ0n) is 9.11. The molecular formula is C10H18O4. The lowest BCUT2D eigenvalue weighted by Gasteiger charge is -2.24. The number of carbonyl (C=O) groups is 1. The van der Waals surface area contributed by atoms with Crippen LogP contribution in [0.4, 0.5) is 0 Å². The van der Waals surface area contributed by atoms with E-state index in [4.69, 9.17) is 4.74 Å². The fourth-order valence-electron chi connectivity index (χ4n) is 0.959. The van der Waals surface area contributed by atoms with Gasteiger partial charge in [0.1, 0.15) is 6.10 Å². The fourth-order valence-corrected chi connectivity index (χ4v) is 0.959. The number of rotatable bonds is 5. The Morgan fingerprint density at radius 2 is 2.14 bits per heavy atom. The lowest BCUT2D eigenvalue weighted by molar-refractivity contribution is -0.137. The molecule has 14 heavy (non-hydrogen) atoms. The van der Waals surface area contributed by atoms with E-state index >= 15 is 0 Å². The van der Waals surface area contributed by atoms with Gasteiger partial charge in [0.2, 0.25) is 0 Å². The standard InChI is InChI=1S/C10H18O4/c1-5-14-9(11)7-6-8(13-4)10(2,3)12/h6-8,12H,5H2,1-4H3/b7-6+/t8-/m0/s1. The first kappa shape index (κ1) is 13.1. The van der Waals surface area contributed by atoms with Crippen molar-refractivity contribution in [2.24, 2.45) is 0 Å². The van der Waals surface area contributed by atoms with E-state index in [1.54, 1.807) is 20.8 Å². The molecule has 1 atom stereocenters. The molecule has 0 saturated heterocycles. The maximum Gasteiger partial charge on any atom is 0.330 e. The van der Waals surface area contributed by atoms with Gasteiger partial charge in [-0.1, -0.05) is 0 Å². The summed E-state index contributed by atoms with van der Waals surface area (Å²) in [4.78, 5) is 10.9. The first-order valence-electron chi connectivity index (χ1n) is 4.52. The Balaban J connectivity index is 4.25. The van der Waals surface area contributed by atoms with Crippen LogP contribution < -0.4 is 0 Å². The fraction of sp³-hybridized carbons (Fsp3) is 0.700. The molecule has 0 aliphatic rings. The van der Waals surface area contributed by atoms with E-state index in [0.29, 0.717) is 6.61 Å². The third kappa shape index (κ3) is 4.99. The molecule has 0 unspecified atom stereocenters. The van der Waals surface area contributed by atoms with Crippen molar-refractivity contribution in [3.8, 4) is 0 Å². The average Bonchev–Trinajstić information content (AvgIpc) is 2.03. The summed E-state index contributed by atoms with van der Waals surface area (Å²) in [5, 5.41) is 9.59. The molecule has 82 valence electrons. The maximum atomic E-state index is 10.9. The first-order valence-corrected chi connectivity index (χ1v) is 4.52. The molecule has 0 amide bonds. The number of aliphatic hydroxyl groups is 1. The zero-order valence-corrected chi connectivity index (χ0v) is 9.11. The smallest absolute Gasteiger partial charge is 0.330 e. The van der Waals surface area contributed by atoms with Crippen LogP contribution in [0.5, 0.6) is 0 Å². The van der Waals surface area contributed by atoms with Crippen LogP contribution in [0.3, 0.4) is 0 Å². The predicted octanol–water partition coefficient (Wildman–Crippen LogP) is 0.892. The van der Waals surface area contributed by atoms with E-state index in [-0.39, 0.29) is 0 Å². The minimum atomic E-state index is -1.02. The minimum absolute atomic E-state index is 0.337. The quantitative estimate of drug-likeness (QED) is 0.531. The number of carbonyl (C=O) groups excluding carboxylic acids is 1. The molecule has 0 aromatic carbocycles. The Hall–Kier alpha value is -0.870. The van der Waals surface area contributed by atoms with Crippen LogP contribution >= 0.6 is 0 Å². The van der Waals surface area contributed by atoms with Gasteiger partial charge in [0.15, 0.2) is 0 Å². The Bertz CT molecular complexity index is 203. The van der Waals surface area contributed by atoms with Gasteiger partial charge >= 0.3 is 5.97 Å². The molecule has 0 aromatic heterocycles. The van der Waals surface area contributed by atoms with Crippen LogP contribution in [0.25, 0.3) is 0 Å². The summed E-state index contributed by atoms with van der Waals surface area (Å²) in [6.07, 6.45) is 2.22. The average molecular weight is 202 g/mol. The van der Waals surface area contributed by atoms with Gasteiger partial charge in [-0.2, -0.15) is 0 Å². The monoisotopic (exact) mass is 202 g/mol. The molecule has 1 N–H and O–H groups in total. The summed E-state index contributed by atoms with van der Waals surface area (Å²) in [5.74, 6) is -0.432. The van der Waals surface area contributed by atoms with Crippen molar-refractivity contribution in [1.29, 1.82) is 0 Å². The van der Waals surface area contributed by atoms with Gasteiger partial charge in [0, 0.05) is 13.2 Å². The van der Waals surface area contributed by atoms with Crippen LogP contribution in [0.2, 0.25) is 0 Å². The van der Waals surface area contributed by atoms with Crippen molar-refractivity contribution in [3.63, 3.8) is 0 Å². The second kappa shape index (κ2) is 5.78. The minimum Gasteiger partial charge on any atom is -0.463 e. The Morgan fingerprint density at radius 1 is 1.57 bits per heavy atom. The van der Waals surface area contributed by atoms with Crippen molar-refractivity contribution in [1.82, 2.24) is 0 Å². The maximum absolute atomic E-state index is 10.9. The third-order valence-electron chi connectivity index (χ3n) is 1.64. The van der Waals surface area contributed by atoms with Crippen LogP contribution in [0.1, 0.15) is 20.8 Å². The largest absolute Gasteiger partial charge is 0.463 e. The molecule has 4 nitrogen and oxygen atoms in total. The molecule has 0 aliphatic heterocycles. The van der Waals surface area contributed by atoms with E-state index in [2.05, 4.69) is 4.74 Å². The lowest BCUT2D eigenvalue weighted by Crippen LogP contribution is -2.35. The highest BCUT2D eigenvalue weighted by Gasteiger charge is 2.24. The molecular weight excluding hydrogens is 184 g/mol. The summed E-state index contributed by atoms with van der Waals surface area (Å²) in [5.41, 5.74) is -1.02. The molecule has 0 bridgehead atoms. The molecule has 0 rings (SSSR count). The first-order chi connectivity index (χ1) is 6.41. The summed E-state index contributed by atoms with van der Waals surface area (Å²) in [6, 6.07) is 0. The topological polar surface area (TPSA) is 55.8 Å². The summed E-state index contributed by atoms with van der Waals surface area (Å²) >= 11 is 0. The van der Waals surface area contributed by atoms with E-state index in [0.717, 1.165) is 0 Å². The zero-order chi connectivity index (χ0) is 11.2. The van der Waals surface area contributed by atoms with E-state index in [1.165, 1.54) is 19.3 Å². The molecule has 0 aliphatic carbocycles. The number of esters is 1. The molecule has 0 radical (unpaired) electrons. The molecule has 4 heteroatoms. The van der Waals surface area contributed by atoms with E-state index in [1.807, 2.05) is 0 Å². The van der Waals surface area contributed by atoms with Crippen molar-refractivity contribution < 1.29 is 19.4 Å². The van der Waals surface area contributed by atoms with Crippen LogP contribution in [-0.2, 0) is 14.3 Å². The van der Waals surface area contributed by atoms with Gasteiger partial charge in [0.05, 0.1) is 12.2 Å². The number of hydrogen-bond acceptors (Lipinski definition) is 4. The molecule has 0 heterocycles. The summed E-state index contributed by atoms with van der Waals surface area (Å²) in [7, 11) is 1.47. The third-order valence-corrected chi connectivity index (χ3v) is 1.64. The number of ether oxygens (including phenoxy) is 2. The van der Waals surface area contributed by atoms with Crippen LogP contribution in [-0.4, -0.2) is 36.5 Å². The van der Waals surface area contributed by atoms with Crippen molar-refractivity contribution in [3.05, 3.63) is 12.2 Å². The van der Waals surface area contributed by atoms with Gasteiger partial charge in [-0.3, -0.25) is 0 Å². The van der Waals surface area contributed by atoms with Crippen molar-refractivity contribution in [2.45, 2.75) is 32.5 Å². The van der Waals surface area contributed by atoms with Crippen molar-refractivity contribution in [2.75, 3.05) is 13.7 Å². The van der Waals surface area contributed by atoms with Gasteiger partial charge in [-0.05, 0) is 26.8 Å². The van der Waals surface area contributed by atoms with Gasteiger partial charge < -0.3 is 14.6 Å². The Labute approximate surface area is 84.5 Å². The van der Waals surface area contributed by atoms with Crippen molar-refractivity contribution >= 4 is 5.97 Å². The highest BCUT2D eigenvalue weighted by atomic mass is 16.5. The molecule has 0 saturated carbocycles. The van der Waals surface area contributed by atoms with Crippen LogP contribution in [0, 0.1) is 0 Å².